The lowest BCUT2D eigenvalue weighted by Gasteiger charge is -2.42. The third-order valence-corrected chi connectivity index (χ3v) is 7.02. The minimum atomic E-state index is 0. The van der Waals surface area contributed by atoms with E-state index in [1.54, 1.807) is 7.11 Å². The first-order chi connectivity index (χ1) is 13.6. The van der Waals surface area contributed by atoms with Crippen molar-refractivity contribution >= 4 is 62.4 Å². The number of piperazine rings is 1. The molecule has 2 aliphatic rings. The van der Waals surface area contributed by atoms with Gasteiger partial charge in [-0.3, -0.25) is 0 Å². The van der Waals surface area contributed by atoms with Crippen molar-refractivity contribution in [2.75, 3.05) is 38.3 Å². The Labute approximate surface area is 208 Å². The largest absolute Gasteiger partial charge is 0.497 e. The SMILES string of the molecule is COc1ccc(N2CCNC(C(C)C3OCCc4cc(Br)ccc43)C2)c(Br)c1.Cl.Cl. The van der Waals surface area contributed by atoms with Crippen LogP contribution in [0, 0.1) is 5.92 Å². The fraction of sp³-hybridized carbons (Fsp3) is 0.455. The second-order valence-electron chi connectivity index (χ2n) is 7.57. The van der Waals surface area contributed by atoms with Gasteiger partial charge in [0, 0.05) is 40.5 Å². The Hall–Kier alpha value is -0.500. The van der Waals surface area contributed by atoms with Crippen LogP contribution in [0.15, 0.2) is 45.3 Å². The number of methoxy groups -OCH3 is 1. The molecule has 1 fully saturated rings. The highest BCUT2D eigenvalue weighted by Gasteiger charge is 2.34. The molecule has 2 aliphatic heterocycles. The van der Waals surface area contributed by atoms with E-state index in [0.29, 0.717) is 12.0 Å². The van der Waals surface area contributed by atoms with Gasteiger partial charge in [-0.05, 0) is 63.8 Å². The number of halogens is 4. The molecular weight excluding hydrogens is 555 g/mol. The van der Waals surface area contributed by atoms with Crippen molar-refractivity contribution in [3.63, 3.8) is 0 Å². The average molecular weight is 583 g/mol. The van der Waals surface area contributed by atoms with Crippen LogP contribution in [-0.4, -0.2) is 39.4 Å². The molecule has 1 saturated heterocycles. The Balaban J connectivity index is 0.00000160. The summed E-state index contributed by atoms with van der Waals surface area (Å²) in [5.41, 5.74) is 3.96. The second-order valence-corrected chi connectivity index (χ2v) is 9.34. The fourth-order valence-corrected chi connectivity index (χ4v) is 5.34. The van der Waals surface area contributed by atoms with E-state index >= 15 is 0 Å². The van der Waals surface area contributed by atoms with E-state index in [0.717, 1.165) is 47.4 Å². The molecule has 0 spiro atoms. The Kier molecular flexibility index (Phi) is 9.78. The first-order valence-corrected chi connectivity index (χ1v) is 11.4. The number of fused-ring (bicyclic) bond motifs is 1. The molecule has 1 N–H and O–H groups in total. The summed E-state index contributed by atoms with van der Waals surface area (Å²) in [5.74, 6) is 1.24. The fourth-order valence-electron chi connectivity index (χ4n) is 4.32. The Morgan fingerprint density at radius 1 is 1.17 bits per heavy atom. The Morgan fingerprint density at radius 3 is 2.70 bits per heavy atom. The van der Waals surface area contributed by atoms with Crippen molar-refractivity contribution < 1.29 is 9.47 Å². The number of nitrogens with zero attached hydrogens (tertiary/aromatic N) is 1. The van der Waals surface area contributed by atoms with Crippen LogP contribution in [0.25, 0.3) is 0 Å². The molecule has 8 heteroatoms. The third-order valence-electron chi connectivity index (χ3n) is 5.89. The van der Waals surface area contributed by atoms with Crippen LogP contribution < -0.4 is 15.0 Å². The monoisotopic (exact) mass is 580 g/mol. The molecular formula is C22H28Br2Cl2N2O2. The molecule has 0 radical (unpaired) electrons. The summed E-state index contributed by atoms with van der Waals surface area (Å²) in [5, 5.41) is 3.73. The Bertz CT molecular complexity index is 856. The predicted octanol–water partition coefficient (Wildman–Crippen LogP) is 5.79. The first-order valence-electron chi connectivity index (χ1n) is 9.78. The number of hydrogen-bond donors (Lipinski definition) is 1. The highest BCUT2D eigenvalue weighted by Crippen LogP contribution is 2.37. The van der Waals surface area contributed by atoms with Crippen LogP contribution in [0.1, 0.15) is 24.2 Å². The summed E-state index contributed by atoms with van der Waals surface area (Å²) in [6.45, 7) is 6.01. The van der Waals surface area contributed by atoms with E-state index in [1.807, 2.05) is 12.1 Å². The molecule has 0 aromatic heterocycles. The van der Waals surface area contributed by atoms with Crippen LogP contribution in [0.3, 0.4) is 0 Å². The molecule has 0 amide bonds. The molecule has 3 unspecified atom stereocenters. The van der Waals surface area contributed by atoms with Gasteiger partial charge in [0.2, 0.25) is 0 Å². The normalized spacial score (nSPS) is 21.7. The highest BCUT2D eigenvalue weighted by atomic mass is 79.9. The van der Waals surface area contributed by atoms with E-state index in [1.165, 1.54) is 16.8 Å². The maximum Gasteiger partial charge on any atom is 0.120 e. The maximum atomic E-state index is 6.25. The lowest BCUT2D eigenvalue weighted by Crippen LogP contribution is -2.54. The van der Waals surface area contributed by atoms with Crippen molar-refractivity contribution in [3.8, 4) is 5.75 Å². The summed E-state index contributed by atoms with van der Waals surface area (Å²) in [7, 11) is 1.70. The molecule has 2 aromatic rings. The lowest BCUT2D eigenvalue weighted by atomic mass is 9.85. The zero-order valence-corrected chi connectivity index (χ0v) is 21.9. The number of nitrogens with one attached hydrogen (secondary N) is 1. The lowest BCUT2D eigenvalue weighted by molar-refractivity contribution is -0.00541. The van der Waals surface area contributed by atoms with Gasteiger partial charge >= 0.3 is 0 Å². The molecule has 3 atom stereocenters. The van der Waals surface area contributed by atoms with Gasteiger partial charge in [-0.2, -0.15) is 0 Å². The van der Waals surface area contributed by atoms with Gasteiger partial charge in [-0.25, -0.2) is 0 Å². The highest BCUT2D eigenvalue weighted by molar-refractivity contribution is 9.10. The van der Waals surface area contributed by atoms with Crippen molar-refractivity contribution in [3.05, 3.63) is 56.5 Å². The van der Waals surface area contributed by atoms with Crippen molar-refractivity contribution in [2.45, 2.75) is 25.5 Å². The maximum absolute atomic E-state index is 6.25. The van der Waals surface area contributed by atoms with Crippen LogP contribution in [0.5, 0.6) is 5.75 Å². The molecule has 2 heterocycles. The molecule has 4 rings (SSSR count). The smallest absolute Gasteiger partial charge is 0.120 e. The number of anilines is 1. The van der Waals surface area contributed by atoms with E-state index in [9.17, 15) is 0 Å². The number of ether oxygens (including phenoxy) is 2. The van der Waals surface area contributed by atoms with E-state index in [-0.39, 0.29) is 30.9 Å². The summed E-state index contributed by atoms with van der Waals surface area (Å²) in [6.07, 6.45) is 1.12. The molecule has 30 heavy (non-hydrogen) atoms. The number of hydrogen-bond acceptors (Lipinski definition) is 4. The summed E-state index contributed by atoms with van der Waals surface area (Å²) in [4.78, 5) is 2.45. The van der Waals surface area contributed by atoms with Crippen LogP contribution in [0.4, 0.5) is 5.69 Å². The number of benzene rings is 2. The molecule has 2 aromatic carbocycles. The molecule has 0 aliphatic carbocycles. The molecule has 4 nitrogen and oxygen atoms in total. The number of rotatable bonds is 4. The van der Waals surface area contributed by atoms with Crippen molar-refractivity contribution in [1.82, 2.24) is 5.32 Å². The molecule has 0 bridgehead atoms. The predicted molar refractivity (Wildman–Crippen MR) is 135 cm³/mol. The van der Waals surface area contributed by atoms with Gasteiger partial charge < -0.3 is 19.7 Å². The molecule has 0 saturated carbocycles. The van der Waals surface area contributed by atoms with Crippen LogP contribution >= 0.6 is 56.7 Å². The van der Waals surface area contributed by atoms with Crippen LogP contribution in [-0.2, 0) is 11.2 Å². The second kappa shape index (κ2) is 11.4. The van der Waals surface area contributed by atoms with Gasteiger partial charge in [-0.1, -0.05) is 28.9 Å². The van der Waals surface area contributed by atoms with Crippen LogP contribution in [0.2, 0.25) is 0 Å². The first kappa shape index (κ1) is 25.8. The topological polar surface area (TPSA) is 33.7 Å². The molecule has 166 valence electrons. The van der Waals surface area contributed by atoms with E-state index in [2.05, 4.69) is 73.3 Å². The minimum Gasteiger partial charge on any atom is -0.497 e. The quantitative estimate of drug-likeness (QED) is 0.495. The standard InChI is InChI=1S/C22H26Br2N2O2.2ClH/c1-14(22-18-5-3-16(23)11-15(18)7-10-28-22)20-13-26(9-8-25-20)21-6-4-17(27-2)12-19(21)24;;/h3-6,11-12,14,20,22,25H,7-10,13H2,1-2H3;2*1H. The zero-order chi connectivity index (χ0) is 19.7. The average Bonchev–Trinajstić information content (AvgIpc) is 2.72. The Morgan fingerprint density at radius 2 is 1.97 bits per heavy atom. The summed E-state index contributed by atoms with van der Waals surface area (Å²) in [6, 6.07) is 13.2. The summed E-state index contributed by atoms with van der Waals surface area (Å²) < 4.78 is 13.8. The van der Waals surface area contributed by atoms with Gasteiger partial charge in [0.1, 0.15) is 5.75 Å². The van der Waals surface area contributed by atoms with Gasteiger partial charge in [0.25, 0.3) is 0 Å². The van der Waals surface area contributed by atoms with Gasteiger partial charge in [0.05, 0.1) is 25.5 Å². The minimum absolute atomic E-state index is 0. The summed E-state index contributed by atoms with van der Waals surface area (Å²) >= 11 is 7.32. The van der Waals surface area contributed by atoms with E-state index in [4.69, 9.17) is 9.47 Å². The van der Waals surface area contributed by atoms with E-state index < -0.39 is 0 Å². The van der Waals surface area contributed by atoms with Crippen molar-refractivity contribution in [2.24, 2.45) is 5.92 Å². The third kappa shape index (κ3) is 5.45. The van der Waals surface area contributed by atoms with Crippen molar-refractivity contribution in [1.29, 1.82) is 0 Å². The van der Waals surface area contributed by atoms with Gasteiger partial charge in [0.15, 0.2) is 0 Å². The van der Waals surface area contributed by atoms with Gasteiger partial charge in [-0.15, -0.1) is 24.8 Å². The zero-order valence-electron chi connectivity index (χ0n) is 17.1.